The number of hydrogen-bond acceptors (Lipinski definition) is 2. The summed E-state index contributed by atoms with van der Waals surface area (Å²) in [4.78, 5) is 0. The summed E-state index contributed by atoms with van der Waals surface area (Å²) >= 11 is 0. The summed E-state index contributed by atoms with van der Waals surface area (Å²) in [6.07, 6.45) is -0.816. The van der Waals surface area contributed by atoms with Gasteiger partial charge in [0.2, 0.25) is 0 Å². The van der Waals surface area contributed by atoms with Gasteiger partial charge < -0.3 is 8.83 Å². The smallest absolute Gasteiger partial charge is 0.178 e. The average molecular weight is 561 g/mol. The second kappa shape index (κ2) is 8.95. The monoisotopic (exact) mass is 560 g/mol. The average Bonchev–Trinajstić information content (AvgIpc) is 3.86. The summed E-state index contributed by atoms with van der Waals surface area (Å²) in [5, 5.41) is -3.77. The molecule has 0 radical (unpaired) electrons. The first-order valence-electron chi connectivity index (χ1n) is 24.3. The van der Waals surface area contributed by atoms with Crippen LogP contribution in [0.2, 0.25) is 0 Å². The minimum Gasteiger partial charge on any atom is -0.460 e. The van der Waals surface area contributed by atoms with Crippen molar-refractivity contribution in [3.05, 3.63) is 145 Å². The van der Waals surface area contributed by atoms with E-state index in [4.69, 9.17) is 32.1 Å². The second-order valence-electron chi connectivity index (χ2n) is 9.04. The first-order chi connectivity index (χ1) is 30.8. The Hall–Kier alpha value is -5.60. The maximum absolute atomic E-state index is 9.64. The zero-order valence-electron chi connectivity index (χ0n) is 44.8. The maximum Gasteiger partial charge on any atom is 0.178 e. The van der Waals surface area contributed by atoms with Gasteiger partial charge in [-0.15, -0.1) is 0 Å². The van der Waals surface area contributed by atoms with Gasteiger partial charge in [0, 0.05) is 21.7 Å². The number of benzene rings is 7. The molecule has 2 heteroatoms. The van der Waals surface area contributed by atoms with Crippen molar-refractivity contribution in [2.24, 2.45) is 0 Å². The number of rotatable bonds is 3. The van der Waals surface area contributed by atoms with Crippen LogP contribution < -0.4 is 0 Å². The molecule has 0 saturated heterocycles. The zero-order chi connectivity index (χ0) is 48.5. The Balaban J connectivity index is 1.53. The molecule has 0 spiro atoms. The quantitative estimate of drug-likeness (QED) is 0.201. The summed E-state index contributed by atoms with van der Waals surface area (Å²) in [5.41, 5.74) is -5.24. The lowest BCUT2D eigenvalue weighted by Gasteiger charge is -2.17. The largest absolute Gasteiger partial charge is 0.460 e. The molecule has 0 N–H and O–H groups in total. The molecule has 42 heavy (non-hydrogen) atoms. The topological polar surface area (TPSA) is 26.3 Å². The minimum absolute atomic E-state index is 0.391. The van der Waals surface area contributed by atoms with Gasteiger partial charge in [0.1, 0.15) is 6.95 Å². The molecule has 0 atom stereocenters. The third-order valence-electron chi connectivity index (χ3n) is 6.84. The third kappa shape index (κ3) is 3.33. The van der Waals surface area contributed by atoms with E-state index >= 15 is 0 Å². The van der Waals surface area contributed by atoms with Gasteiger partial charge in [-0.2, -0.15) is 0 Å². The van der Waals surface area contributed by atoms with Gasteiger partial charge in [0.05, 0.1) is 37.8 Å². The highest BCUT2D eigenvalue weighted by Crippen LogP contribution is 2.45. The Labute approximate surface area is 275 Å². The molecule has 0 aliphatic rings. The van der Waals surface area contributed by atoms with Crippen LogP contribution in [0.25, 0.3) is 87.8 Å². The first-order valence-corrected chi connectivity index (χ1v) is 12.3. The lowest BCUT2D eigenvalue weighted by atomic mass is 9.86. The van der Waals surface area contributed by atoms with E-state index in [0.29, 0.717) is 0 Å². The predicted molar refractivity (Wildman–Crippen MR) is 175 cm³/mol. The van der Waals surface area contributed by atoms with Crippen LogP contribution in [0.5, 0.6) is 0 Å². The van der Waals surface area contributed by atoms with Crippen molar-refractivity contribution in [1.29, 1.82) is 0 Å². The molecule has 2 nitrogen and oxygen atoms in total. The van der Waals surface area contributed by atoms with Gasteiger partial charge in [0.25, 0.3) is 0 Å². The van der Waals surface area contributed by atoms with Crippen LogP contribution in [0.15, 0.2) is 154 Å². The fraction of sp³-hybridized carbons (Fsp3) is 0. The highest BCUT2D eigenvalue weighted by atomic mass is 16.4. The molecular formula is C40H24O2. The van der Waals surface area contributed by atoms with E-state index in [0.717, 1.165) is 0 Å². The number of fused-ring (bicyclic) bond motifs is 7. The van der Waals surface area contributed by atoms with Crippen LogP contribution in [0, 0.1) is 0 Å². The molecule has 0 aliphatic carbocycles. The van der Waals surface area contributed by atoms with Gasteiger partial charge in [-0.3, -0.25) is 0 Å². The Kier molecular flexibility index (Phi) is 2.08. The van der Waals surface area contributed by atoms with Crippen LogP contribution in [0.3, 0.4) is 0 Å². The van der Waals surface area contributed by atoms with Crippen molar-refractivity contribution in [3.63, 3.8) is 0 Å². The Morgan fingerprint density at radius 3 is 1.57 bits per heavy atom. The Bertz CT molecular complexity index is 3670. The SMILES string of the molecule is [2H]c1oc2c(c([2H])c([2H])c3c2oc2c([2H])c(-c4c5c([2H])c([2H])c([2H])c([2H])c5c(-c5c([2H])c([2H])c([2H])c([2H])c5[2H])c5c([2H])c([2H])c([2H])c([2H])c45)c([2H])c([2H])c23)c1-c1c([2H])c([2H])c([2H])c([2H])c1[2H]. The van der Waals surface area contributed by atoms with Crippen LogP contribution in [0.4, 0.5) is 0 Å². The van der Waals surface area contributed by atoms with Crippen LogP contribution >= 0.6 is 0 Å². The second-order valence-corrected chi connectivity index (χ2v) is 9.04. The van der Waals surface area contributed by atoms with Gasteiger partial charge in [-0.25, -0.2) is 0 Å². The lowest BCUT2D eigenvalue weighted by Crippen LogP contribution is -1.90. The standard InChI is InChI=1S/C40H24O2/c1-3-11-25(12-4-1)35-24-41-39-34(35)22-21-33-28-20-19-27(23-36(28)42-40(33)39)38-31-17-9-7-15-29(31)37(26-13-5-2-6-14-26)30-16-8-10-18-32(30)38/h1-24H/i1D,2D,3D,4D,5D,6D,7D,8D,9D,10D,11D,12D,13D,14D,15D,16D,17D,18D,19D,20D,21D,22D,23D,24D. The van der Waals surface area contributed by atoms with E-state index in [1.54, 1.807) is 0 Å². The van der Waals surface area contributed by atoms with Crippen LogP contribution in [-0.4, -0.2) is 0 Å². The maximum atomic E-state index is 9.64. The van der Waals surface area contributed by atoms with E-state index in [2.05, 4.69) is 0 Å². The van der Waals surface area contributed by atoms with Gasteiger partial charge in [-0.05, 0) is 73.5 Å². The summed E-state index contributed by atoms with van der Waals surface area (Å²) in [6, 6.07) is -19.6. The first kappa shape index (κ1) is 9.75. The predicted octanol–water partition coefficient (Wildman–Crippen LogP) is 11.6. The molecule has 0 bridgehead atoms. The normalized spacial score (nSPS) is 19.8. The molecule has 0 saturated carbocycles. The Morgan fingerprint density at radius 2 is 0.929 bits per heavy atom. The van der Waals surface area contributed by atoms with Crippen molar-refractivity contribution in [2.75, 3.05) is 0 Å². The summed E-state index contributed by atoms with van der Waals surface area (Å²) in [6.45, 7) is 0. The van der Waals surface area contributed by atoms with E-state index in [9.17, 15) is 9.60 Å². The lowest BCUT2D eigenvalue weighted by molar-refractivity contribution is 0.600. The van der Waals surface area contributed by atoms with E-state index in [1.165, 1.54) is 0 Å². The fourth-order valence-corrected chi connectivity index (χ4v) is 5.09. The molecule has 0 amide bonds. The molecule has 2 heterocycles. The van der Waals surface area contributed by atoms with E-state index in [-0.39, 0.29) is 0 Å². The summed E-state index contributed by atoms with van der Waals surface area (Å²) in [7, 11) is 0. The molecule has 7 aromatic carbocycles. The molecule has 9 rings (SSSR count). The van der Waals surface area contributed by atoms with Crippen molar-refractivity contribution in [1.82, 2.24) is 0 Å². The zero-order valence-corrected chi connectivity index (χ0v) is 20.8. The van der Waals surface area contributed by atoms with Crippen LogP contribution in [-0.2, 0) is 0 Å². The van der Waals surface area contributed by atoms with E-state index in [1.807, 2.05) is 0 Å². The van der Waals surface area contributed by atoms with Crippen molar-refractivity contribution in [3.8, 4) is 33.4 Å². The van der Waals surface area contributed by atoms with Gasteiger partial charge in [0.15, 0.2) is 11.2 Å². The fourth-order valence-electron chi connectivity index (χ4n) is 5.09. The third-order valence-corrected chi connectivity index (χ3v) is 6.84. The number of furan rings is 2. The summed E-state index contributed by atoms with van der Waals surface area (Å²) in [5.74, 6) is 0. The molecule has 0 unspecified atom stereocenters. The van der Waals surface area contributed by atoms with E-state index < -0.39 is 233 Å². The van der Waals surface area contributed by atoms with Crippen molar-refractivity contribution < 1.29 is 41.7 Å². The molecule has 2 aromatic heterocycles. The Morgan fingerprint density at radius 1 is 0.405 bits per heavy atom. The van der Waals surface area contributed by atoms with Crippen molar-refractivity contribution in [2.45, 2.75) is 0 Å². The molecule has 9 aromatic rings. The van der Waals surface area contributed by atoms with Crippen molar-refractivity contribution >= 4 is 54.5 Å². The highest BCUT2D eigenvalue weighted by molar-refractivity contribution is 6.22. The van der Waals surface area contributed by atoms with Gasteiger partial charge in [-0.1, -0.05) is 115 Å². The molecule has 196 valence electrons. The highest BCUT2D eigenvalue weighted by Gasteiger charge is 2.19. The van der Waals surface area contributed by atoms with Crippen LogP contribution in [0.1, 0.15) is 32.9 Å². The molecule has 0 fully saturated rings. The molecular weight excluding hydrogens is 512 g/mol. The minimum atomic E-state index is -0.918. The van der Waals surface area contributed by atoms with Gasteiger partial charge >= 0.3 is 0 Å². The number of hydrogen-bond donors (Lipinski definition) is 0. The molecule has 0 aliphatic heterocycles. The summed E-state index contributed by atoms with van der Waals surface area (Å²) < 4.78 is 223.